The number of rotatable bonds is 2. The van der Waals surface area contributed by atoms with Crippen LogP contribution in [0, 0.1) is 41.7 Å². The van der Waals surface area contributed by atoms with Crippen molar-refractivity contribution < 1.29 is 13.6 Å². The van der Waals surface area contributed by atoms with Crippen molar-refractivity contribution >= 4 is 16.9 Å². The fourth-order valence-corrected chi connectivity index (χ4v) is 4.90. The fourth-order valence-electron chi connectivity index (χ4n) is 4.90. The zero-order valence-electron chi connectivity index (χ0n) is 14.9. The molecular weight excluding hydrogens is 324 g/mol. The number of aromatic nitrogens is 2. The monoisotopic (exact) mass is 347 g/mol. The number of fused-ring (bicyclic) bond motifs is 3. The minimum Gasteiger partial charge on any atom is -0.348 e. The lowest BCUT2D eigenvalue weighted by molar-refractivity contribution is -0.113. The number of pyridine rings is 1. The van der Waals surface area contributed by atoms with Crippen molar-refractivity contribution in [1.82, 2.24) is 15.3 Å². The maximum absolute atomic E-state index is 14.0. The summed E-state index contributed by atoms with van der Waals surface area (Å²) in [7, 11) is 0. The van der Waals surface area contributed by atoms with E-state index in [0.717, 1.165) is 6.42 Å². The Morgan fingerprint density at radius 3 is 2.68 bits per heavy atom. The first kappa shape index (κ1) is 16.5. The molecule has 134 valence electrons. The molecule has 0 aliphatic heterocycles. The Morgan fingerprint density at radius 1 is 1.32 bits per heavy atom. The molecule has 1 amide bonds. The molecule has 0 unspecified atom stereocenters. The lowest BCUT2D eigenvalue weighted by atomic mass is 9.45. The quantitative estimate of drug-likeness (QED) is 0.864. The SMILES string of the molecule is Cc1nc2[nH]c(C(=O)N[C@H]3C[C@H]4C[C@@H]([C@@H]3C)C4(C)C)cc2c(F)c1F. The standard InChI is InChI=1S/C19H23F2N3O/c1-8-12-5-10(19(12,3)4)6-13(8)24-18(25)14-7-11-16(21)15(20)9(2)22-17(11)23-14/h7-8,10,12-13H,5-6H2,1-4H3,(H,22,23)(H,24,25)/t8-,10+,12-,13-/m0/s1. The summed E-state index contributed by atoms with van der Waals surface area (Å²) in [4.78, 5) is 19.4. The van der Waals surface area contributed by atoms with Gasteiger partial charge in [0.1, 0.15) is 11.3 Å². The van der Waals surface area contributed by atoms with Crippen molar-refractivity contribution in [3.05, 3.63) is 29.1 Å². The van der Waals surface area contributed by atoms with Crippen LogP contribution >= 0.6 is 0 Å². The van der Waals surface area contributed by atoms with E-state index in [9.17, 15) is 13.6 Å². The first-order valence-corrected chi connectivity index (χ1v) is 8.85. The molecule has 2 N–H and O–H groups in total. The van der Waals surface area contributed by atoms with Crippen LogP contribution in [0.5, 0.6) is 0 Å². The molecule has 5 rings (SSSR count). The summed E-state index contributed by atoms with van der Waals surface area (Å²) in [6, 6.07) is 1.46. The fraction of sp³-hybridized carbons (Fsp3) is 0.579. The van der Waals surface area contributed by atoms with E-state index in [1.54, 1.807) is 0 Å². The van der Waals surface area contributed by atoms with E-state index in [1.807, 2.05) is 0 Å². The highest BCUT2D eigenvalue weighted by Gasteiger charge is 2.56. The Bertz CT molecular complexity index is 873. The third-order valence-electron chi connectivity index (χ3n) is 6.74. The molecular formula is C19H23F2N3O. The second kappa shape index (κ2) is 5.26. The summed E-state index contributed by atoms with van der Waals surface area (Å²) < 4.78 is 27.7. The van der Waals surface area contributed by atoms with Crippen LogP contribution in [0.4, 0.5) is 8.78 Å². The van der Waals surface area contributed by atoms with Gasteiger partial charge in [-0.15, -0.1) is 0 Å². The first-order valence-electron chi connectivity index (χ1n) is 8.85. The van der Waals surface area contributed by atoms with Crippen LogP contribution < -0.4 is 5.32 Å². The number of hydrogen-bond acceptors (Lipinski definition) is 2. The van der Waals surface area contributed by atoms with Crippen molar-refractivity contribution in [1.29, 1.82) is 0 Å². The van der Waals surface area contributed by atoms with E-state index in [-0.39, 0.29) is 34.4 Å². The molecule has 0 radical (unpaired) electrons. The van der Waals surface area contributed by atoms with E-state index in [1.165, 1.54) is 19.4 Å². The maximum Gasteiger partial charge on any atom is 0.268 e. The first-order chi connectivity index (χ1) is 11.7. The third-order valence-corrected chi connectivity index (χ3v) is 6.74. The average molecular weight is 347 g/mol. The summed E-state index contributed by atoms with van der Waals surface area (Å²) in [5.74, 6) is -0.560. The normalized spacial score (nSPS) is 30.2. The lowest BCUT2D eigenvalue weighted by Gasteiger charge is -2.62. The van der Waals surface area contributed by atoms with Crippen molar-refractivity contribution in [2.45, 2.75) is 46.6 Å². The molecule has 6 heteroatoms. The molecule has 2 aromatic heterocycles. The number of H-pyrrole nitrogens is 1. The van der Waals surface area contributed by atoms with Crippen molar-refractivity contribution in [2.24, 2.45) is 23.2 Å². The Kier molecular flexibility index (Phi) is 3.47. The summed E-state index contributed by atoms with van der Waals surface area (Å²) in [6.07, 6.45) is 2.21. The van der Waals surface area contributed by atoms with Gasteiger partial charge in [0, 0.05) is 6.04 Å². The van der Waals surface area contributed by atoms with Gasteiger partial charge < -0.3 is 10.3 Å². The van der Waals surface area contributed by atoms with Gasteiger partial charge in [-0.3, -0.25) is 4.79 Å². The van der Waals surface area contributed by atoms with Gasteiger partial charge in [-0.1, -0.05) is 20.8 Å². The van der Waals surface area contributed by atoms with Gasteiger partial charge >= 0.3 is 0 Å². The van der Waals surface area contributed by atoms with E-state index in [0.29, 0.717) is 23.2 Å². The Balaban J connectivity index is 1.56. The number of amides is 1. The number of hydrogen-bond donors (Lipinski definition) is 2. The van der Waals surface area contributed by atoms with Crippen LogP contribution in [0.3, 0.4) is 0 Å². The zero-order chi connectivity index (χ0) is 18.1. The molecule has 2 bridgehead atoms. The molecule has 4 nitrogen and oxygen atoms in total. The van der Waals surface area contributed by atoms with Crippen LogP contribution in [-0.4, -0.2) is 21.9 Å². The Labute approximate surface area is 145 Å². The van der Waals surface area contributed by atoms with Crippen molar-refractivity contribution in [3.8, 4) is 0 Å². The summed E-state index contributed by atoms with van der Waals surface area (Å²) in [5.41, 5.74) is 0.741. The molecule has 2 aromatic rings. The number of halogens is 2. The number of carbonyl (C=O) groups is 1. The van der Waals surface area contributed by atoms with Crippen molar-refractivity contribution in [3.63, 3.8) is 0 Å². The van der Waals surface area contributed by atoms with Crippen LogP contribution in [0.1, 0.15) is 49.8 Å². The van der Waals surface area contributed by atoms with Crippen LogP contribution in [0.15, 0.2) is 6.07 Å². The van der Waals surface area contributed by atoms with E-state index < -0.39 is 11.6 Å². The molecule has 3 fully saturated rings. The Hall–Kier alpha value is -1.98. The van der Waals surface area contributed by atoms with E-state index >= 15 is 0 Å². The third kappa shape index (κ3) is 2.29. The van der Waals surface area contributed by atoms with E-state index in [2.05, 4.69) is 36.1 Å². The van der Waals surface area contributed by atoms with Crippen LogP contribution in [0.2, 0.25) is 0 Å². The van der Waals surface area contributed by atoms with Crippen molar-refractivity contribution in [2.75, 3.05) is 0 Å². The predicted molar refractivity (Wildman–Crippen MR) is 91.2 cm³/mol. The maximum atomic E-state index is 14.0. The van der Waals surface area contributed by atoms with Gasteiger partial charge in [-0.05, 0) is 49.0 Å². The minimum atomic E-state index is -0.971. The molecule has 3 aliphatic rings. The molecule has 2 heterocycles. The Morgan fingerprint density at radius 2 is 2.04 bits per heavy atom. The molecule has 25 heavy (non-hydrogen) atoms. The highest BCUT2D eigenvalue weighted by Crippen LogP contribution is 2.61. The molecule has 0 aromatic carbocycles. The number of nitrogens with one attached hydrogen (secondary N) is 2. The highest BCUT2D eigenvalue weighted by molar-refractivity contribution is 5.97. The second-order valence-corrected chi connectivity index (χ2v) is 8.31. The molecule has 3 saturated carbocycles. The topological polar surface area (TPSA) is 57.8 Å². The average Bonchev–Trinajstić information content (AvgIpc) is 2.98. The number of carbonyl (C=O) groups excluding carboxylic acids is 1. The van der Waals surface area contributed by atoms with Gasteiger partial charge in [0.05, 0.1) is 11.1 Å². The smallest absolute Gasteiger partial charge is 0.268 e. The lowest BCUT2D eigenvalue weighted by Crippen LogP contribution is -2.60. The van der Waals surface area contributed by atoms with Gasteiger partial charge in [0.15, 0.2) is 11.6 Å². The molecule has 4 atom stereocenters. The summed E-state index contributed by atoms with van der Waals surface area (Å²) in [6.45, 7) is 8.21. The second-order valence-electron chi connectivity index (χ2n) is 8.31. The van der Waals surface area contributed by atoms with Gasteiger partial charge in [0.2, 0.25) is 0 Å². The largest absolute Gasteiger partial charge is 0.348 e. The molecule has 0 spiro atoms. The zero-order valence-corrected chi connectivity index (χ0v) is 14.9. The van der Waals surface area contributed by atoms with Gasteiger partial charge in [-0.25, -0.2) is 13.8 Å². The van der Waals surface area contributed by atoms with Crippen LogP contribution in [0.25, 0.3) is 11.0 Å². The van der Waals surface area contributed by atoms with Gasteiger partial charge in [-0.2, -0.15) is 0 Å². The molecule has 0 saturated heterocycles. The van der Waals surface area contributed by atoms with E-state index in [4.69, 9.17) is 0 Å². The summed E-state index contributed by atoms with van der Waals surface area (Å²) >= 11 is 0. The number of aryl methyl sites for hydroxylation is 1. The summed E-state index contributed by atoms with van der Waals surface area (Å²) in [5, 5.41) is 3.09. The highest BCUT2D eigenvalue weighted by atomic mass is 19.2. The number of aromatic amines is 1. The predicted octanol–water partition coefficient (Wildman–Crippen LogP) is 3.95. The molecule has 3 aliphatic carbocycles. The van der Waals surface area contributed by atoms with Gasteiger partial charge in [0.25, 0.3) is 5.91 Å². The minimum absolute atomic E-state index is 0.00826. The number of nitrogens with zero attached hydrogens (tertiary/aromatic N) is 1. The van der Waals surface area contributed by atoms with Crippen LogP contribution in [-0.2, 0) is 0 Å².